The van der Waals surface area contributed by atoms with Gasteiger partial charge in [0.05, 0.1) is 12.1 Å². The molecule has 0 aromatic rings. The third kappa shape index (κ3) is 1.32. The standard InChI is InChI=1S/C9H15NO/c11-8-5-1-3-7-4-2-6-10-9(7)8/h6-9,11H,1-5H2. The van der Waals surface area contributed by atoms with Crippen LogP contribution >= 0.6 is 0 Å². The topological polar surface area (TPSA) is 32.6 Å². The van der Waals surface area contributed by atoms with Crippen LogP contribution in [0.1, 0.15) is 32.1 Å². The highest BCUT2D eigenvalue weighted by Gasteiger charge is 2.32. The second-order valence-corrected chi connectivity index (χ2v) is 3.66. The first-order valence-electron chi connectivity index (χ1n) is 4.57. The molecule has 0 aromatic heterocycles. The number of rotatable bonds is 0. The minimum absolute atomic E-state index is 0.148. The second-order valence-electron chi connectivity index (χ2n) is 3.66. The van der Waals surface area contributed by atoms with Crippen LogP contribution in [-0.2, 0) is 0 Å². The summed E-state index contributed by atoms with van der Waals surface area (Å²) in [6.07, 6.45) is 7.62. The van der Waals surface area contributed by atoms with Gasteiger partial charge >= 0.3 is 0 Å². The third-order valence-corrected chi connectivity index (χ3v) is 2.90. The quantitative estimate of drug-likeness (QED) is 0.560. The number of nitrogens with zero attached hydrogens (tertiary/aromatic N) is 1. The van der Waals surface area contributed by atoms with Gasteiger partial charge in [0.1, 0.15) is 0 Å². The molecule has 0 saturated heterocycles. The molecule has 0 aromatic carbocycles. The van der Waals surface area contributed by atoms with Gasteiger partial charge in [-0.25, -0.2) is 0 Å². The molecule has 2 heteroatoms. The molecule has 2 nitrogen and oxygen atoms in total. The summed E-state index contributed by atoms with van der Waals surface area (Å²) < 4.78 is 0. The summed E-state index contributed by atoms with van der Waals surface area (Å²) in [5.41, 5.74) is 0. The van der Waals surface area contributed by atoms with Crippen LogP contribution in [0.25, 0.3) is 0 Å². The summed E-state index contributed by atoms with van der Waals surface area (Å²) in [7, 11) is 0. The average Bonchev–Trinajstić information content (AvgIpc) is 2.06. The van der Waals surface area contributed by atoms with E-state index in [0.29, 0.717) is 5.92 Å². The average molecular weight is 153 g/mol. The van der Waals surface area contributed by atoms with Gasteiger partial charge in [-0.15, -0.1) is 0 Å². The predicted molar refractivity (Wildman–Crippen MR) is 44.9 cm³/mol. The highest BCUT2D eigenvalue weighted by molar-refractivity contribution is 5.58. The Morgan fingerprint density at radius 3 is 3.00 bits per heavy atom. The normalized spacial score (nSPS) is 43.5. The van der Waals surface area contributed by atoms with E-state index < -0.39 is 0 Å². The first-order chi connectivity index (χ1) is 5.38. The van der Waals surface area contributed by atoms with Gasteiger partial charge in [0.2, 0.25) is 0 Å². The van der Waals surface area contributed by atoms with E-state index in [0.717, 1.165) is 12.8 Å². The van der Waals surface area contributed by atoms with Crippen molar-refractivity contribution in [2.75, 3.05) is 0 Å². The van der Waals surface area contributed by atoms with Crippen LogP contribution in [0.3, 0.4) is 0 Å². The molecular formula is C9H15NO. The molecule has 2 rings (SSSR count). The smallest absolute Gasteiger partial charge is 0.0782 e. The highest BCUT2D eigenvalue weighted by atomic mass is 16.3. The van der Waals surface area contributed by atoms with Crippen LogP contribution < -0.4 is 0 Å². The van der Waals surface area contributed by atoms with Crippen molar-refractivity contribution in [3.8, 4) is 0 Å². The number of aliphatic hydroxyl groups excluding tert-OH is 1. The summed E-state index contributed by atoms with van der Waals surface area (Å²) >= 11 is 0. The molecule has 3 atom stereocenters. The maximum atomic E-state index is 9.59. The molecule has 1 fully saturated rings. The Morgan fingerprint density at radius 1 is 1.27 bits per heavy atom. The van der Waals surface area contributed by atoms with E-state index in [4.69, 9.17) is 0 Å². The van der Waals surface area contributed by atoms with Gasteiger partial charge in [-0.3, -0.25) is 4.99 Å². The van der Waals surface area contributed by atoms with Crippen molar-refractivity contribution in [2.45, 2.75) is 44.2 Å². The number of aliphatic imine (C=N–C) groups is 1. The van der Waals surface area contributed by atoms with E-state index in [2.05, 4.69) is 4.99 Å². The molecule has 0 bridgehead atoms. The second kappa shape index (κ2) is 2.94. The zero-order valence-electron chi connectivity index (χ0n) is 6.74. The van der Waals surface area contributed by atoms with Crippen molar-refractivity contribution < 1.29 is 5.11 Å². The molecular weight excluding hydrogens is 138 g/mol. The van der Waals surface area contributed by atoms with Crippen LogP contribution in [0.2, 0.25) is 0 Å². The lowest BCUT2D eigenvalue weighted by Crippen LogP contribution is -2.37. The Morgan fingerprint density at radius 2 is 2.18 bits per heavy atom. The van der Waals surface area contributed by atoms with Crippen molar-refractivity contribution >= 4 is 6.21 Å². The Labute approximate surface area is 67.3 Å². The molecule has 1 N–H and O–H groups in total. The summed E-state index contributed by atoms with van der Waals surface area (Å²) in [6.45, 7) is 0. The van der Waals surface area contributed by atoms with E-state index in [9.17, 15) is 5.11 Å². The van der Waals surface area contributed by atoms with Crippen molar-refractivity contribution in [3.63, 3.8) is 0 Å². The van der Waals surface area contributed by atoms with Crippen LogP contribution in [-0.4, -0.2) is 23.5 Å². The highest BCUT2D eigenvalue weighted by Crippen LogP contribution is 2.32. The molecule has 2 aliphatic rings. The maximum absolute atomic E-state index is 9.59. The Kier molecular flexibility index (Phi) is 1.95. The molecule has 1 heterocycles. The van der Waals surface area contributed by atoms with Gasteiger partial charge in [-0.05, 0) is 37.8 Å². The summed E-state index contributed by atoms with van der Waals surface area (Å²) in [4.78, 5) is 4.36. The van der Waals surface area contributed by atoms with Gasteiger partial charge in [0.15, 0.2) is 0 Å². The first-order valence-corrected chi connectivity index (χ1v) is 4.57. The number of aliphatic hydroxyl groups is 1. The van der Waals surface area contributed by atoms with Gasteiger partial charge in [0, 0.05) is 0 Å². The minimum Gasteiger partial charge on any atom is -0.391 e. The van der Waals surface area contributed by atoms with Crippen LogP contribution in [0.15, 0.2) is 4.99 Å². The predicted octanol–water partition coefficient (Wildman–Crippen LogP) is 1.38. The fourth-order valence-corrected chi connectivity index (χ4v) is 2.27. The molecule has 3 unspecified atom stereocenters. The number of fused-ring (bicyclic) bond motifs is 1. The number of hydrogen-bond donors (Lipinski definition) is 1. The molecule has 11 heavy (non-hydrogen) atoms. The van der Waals surface area contributed by atoms with Crippen LogP contribution in [0.5, 0.6) is 0 Å². The van der Waals surface area contributed by atoms with Gasteiger partial charge in [-0.2, -0.15) is 0 Å². The zero-order valence-corrected chi connectivity index (χ0v) is 6.74. The lowest BCUT2D eigenvalue weighted by atomic mass is 9.79. The molecule has 1 aliphatic carbocycles. The van der Waals surface area contributed by atoms with Gasteiger partial charge in [0.25, 0.3) is 0 Å². The monoisotopic (exact) mass is 153 g/mol. The van der Waals surface area contributed by atoms with Crippen LogP contribution in [0.4, 0.5) is 0 Å². The van der Waals surface area contributed by atoms with E-state index in [-0.39, 0.29) is 12.1 Å². The number of hydrogen-bond acceptors (Lipinski definition) is 2. The first kappa shape index (κ1) is 7.29. The lowest BCUT2D eigenvalue weighted by Gasteiger charge is -2.34. The lowest BCUT2D eigenvalue weighted by molar-refractivity contribution is 0.0725. The van der Waals surface area contributed by atoms with E-state index >= 15 is 0 Å². The van der Waals surface area contributed by atoms with Crippen LogP contribution in [0, 0.1) is 5.92 Å². The fraction of sp³-hybridized carbons (Fsp3) is 0.889. The zero-order chi connectivity index (χ0) is 7.68. The summed E-state index contributed by atoms with van der Waals surface area (Å²) in [6, 6.07) is 0.248. The van der Waals surface area contributed by atoms with E-state index in [1.165, 1.54) is 19.3 Å². The minimum atomic E-state index is -0.148. The van der Waals surface area contributed by atoms with Gasteiger partial charge < -0.3 is 5.11 Å². The third-order valence-electron chi connectivity index (χ3n) is 2.90. The van der Waals surface area contributed by atoms with Gasteiger partial charge in [-0.1, -0.05) is 6.42 Å². The van der Waals surface area contributed by atoms with Crippen molar-refractivity contribution in [1.82, 2.24) is 0 Å². The fourth-order valence-electron chi connectivity index (χ4n) is 2.27. The maximum Gasteiger partial charge on any atom is 0.0782 e. The Bertz CT molecular complexity index is 167. The van der Waals surface area contributed by atoms with E-state index in [1.54, 1.807) is 0 Å². The molecule has 1 saturated carbocycles. The molecule has 0 spiro atoms. The molecule has 62 valence electrons. The Hall–Kier alpha value is -0.370. The van der Waals surface area contributed by atoms with Crippen molar-refractivity contribution in [1.29, 1.82) is 0 Å². The molecule has 0 radical (unpaired) electrons. The Balaban J connectivity index is 2.09. The molecule has 0 amide bonds. The summed E-state index contributed by atoms with van der Waals surface area (Å²) in [5.74, 6) is 0.684. The van der Waals surface area contributed by atoms with Crippen molar-refractivity contribution in [2.24, 2.45) is 10.9 Å². The SMILES string of the molecule is OC1CCCC2CCC=NC12. The molecule has 1 aliphatic heterocycles. The van der Waals surface area contributed by atoms with Crippen molar-refractivity contribution in [3.05, 3.63) is 0 Å². The largest absolute Gasteiger partial charge is 0.391 e. The van der Waals surface area contributed by atoms with E-state index in [1.807, 2.05) is 6.21 Å². The summed E-state index contributed by atoms with van der Waals surface area (Å²) in [5, 5.41) is 9.59.